The van der Waals surface area contributed by atoms with E-state index in [1.807, 2.05) is 12.1 Å². The quantitative estimate of drug-likeness (QED) is 0.690. The molecule has 0 heterocycles. The minimum absolute atomic E-state index is 0.0732. The number of fused-ring (bicyclic) bond motifs is 1. The average molecular weight is 210 g/mol. The van der Waals surface area contributed by atoms with Crippen molar-refractivity contribution >= 4 is 22.6 Å². The van der Waals surface area contributed by atoms with E-state index in [4.69, 9.17) is 0 Å². The first-order valence-electron chi connectivity index (χ1n) is 5.34. The Labute approximate surface area is 95.4 Å². The molecular formula is C15H14O. The molecule has 2 aromatic carbocycles. The minimum Gasteiger partial charge on any atom is -0.295 e. The van der Waals surface area contributed by atoms with E-state index >= 15 is 0 Å². The number of carbonyl (C=O) groups excluding carboxylic acids is 1. The predicted octanol–water partition coefficient (Wildman–Crippen LogP) is 3.75. The summed E-state index contributed by atoms with van der Waals surface area (Å²) in [6.45, 7) is 3.64. The summed E-state index contributed by atoms with van der Waals surface area (Å²) in [5, 5.41) is 2.44. The smallest absolute Gasteiger partial charge is 0.152 e. The van der Waals surface area contributed by atoms with Crippen molar-refractivity contribution in [1.82, 2.24) is 0 Å². The Kier molecular flexibility index (Phi) is 2.86. The molecule has 0 spiro atoms. The summed E-state index contributed by atoms with van der Waals surface area (Å²) in [7, 11) is 0. The van der Waals surface area contributed by atoms with Crippen molar-refractivity contribution < 1.29 is 4.79 Å². The van der Waals surface area contributed by atoms with Gasteiger partial charge in [-0.1, -0.05) is 42.0 Å². The second kappa shape index (κ2) is 4.31. The summed E-state index contributed by atoms with van der Waals surface area (Å²) in [6.07, 6.45) is 3.44. The van der Waals surface area contributed by atoms with Gasteiger partial charge in [0.15, 0.2) is 5.78 Å². The third kappa shape index (κ3) is 2.37. The van der Waals surface area contributed by atoms with Gasteiger partial charge in [0, 0.05) is 0 Å². The summed E-state index contributed by atoms with van der Waals surface area (Å²) < 4.78 is 0. The molecule has 0 radical (unpaired) electrons. The molecule has 0 aliphatic carbocycles. The standard InChI is InChI=1S/C15H14O/c1-11-3-7-15-10-13(5-4-12(2)16)6-8-14(15)9-11/h3-10H,1-2H3/b5-4+. The van der Waals surface area contributed by atoms with Crippen LogP contribution in [0, 0.1) is 6.92 Å². The van der Waals surface area contributed by atoms with Gasteiger partial charge in [0.1, 0.15) is 0 Å². The molecule has 1 heteroatoms. The molecule has 0 aliphatic heterocycles. The number of hydrogen-bond donors (Lipinski definition) is 0. The molecule has 2 aromatic rings. The van der Waals surface area contributed by atoms with Crippen molar-refractivity contribution in [2.75, 3.05) is 0 Å². The van der Waals surface area contributed by atoms with Crippen LogP contribution in [0.15, 0.2) is 42.5 Å². The molecular weight excluding hydrogens is 196 g/mol. The lowest BCUT2D eigenvalue weighted by atomic mass is 10.0. The molecule has 0 N–H and O–H groups in total. The minimum atomic E-state index is 0.0732. The van der Waals surface area contributed by atoms with E-state index in [2.05, 4.69) is 37.3 Å². The third-order valence-electron chi connectivity index (χ3n) is 2.53. The predicted molar refractivity (Wildman–Crippen MR) is 68.4 cm³/mol. The Morgan fingerprint density at radius 3 is 2.50 bits per heavy atom. The molecule has 80 valence electrons. The summed E-state index contributed by atoms with van der Waals surface area (Å²) in [4.78, 5) is 10.8. The Hall–Kier alpha value is -1.89. The van der Waals surface area contributed by atoms with Crippen molar-refractivity contribution in [2.24, 2.45) is 0 Å². The number of allylic oxidation sites excluding steroid dienone is 1. The molecule has 2 rings (SSSR count). The fourth-order valence-corrected chi connectivity index (χ4v) is 1.70. The summed E-state index contributed by atoms with van der Waals surface area (Å²) in [5.74, 6) is 0.0732. The number of benzene rings is 2. The van der Waals surface area contributed by atoms with Crippen molar-refractivity contribution in [1.29, 1.82) is 0 Å². The molecule has 0 aromatic heterocycles. The fraction of sp³-hybridized carbons (Fsp3) is 0.133. The van der Waals surface area contributed by atoms with E-state index in [1.54, 1.807) is 13.0 Å². The lowest BCUT2D eigenvalue weighted by Crippen LogP contribution is -1.81. The third-order valence-corrected chi connectivity index (χ3v) is 2.53. The summed E-state index contributed by atoms with van der Waals surface area (Å²) >= 11 is 0. The average Bonchev–Trinajstić information content (AvgIpc) is 2.26. The number of rotatable bonds is 2. The number of carbonyl (C=O) groups is 1. The van der Waals surface area contributed by atoms with Crippen molar-refractivity contribution in [2.45, 2.75) is 13.8 Å². The zero-order valence-corrected chi connectivity index (χ0v) is 9.53. The first-order chi connectivity index (χ1) is 7.65. The van der Waals surface area contributed by atoms with Crippen LogP contribution in [-0.4, -0.2) is 5.78 Å². The zero-order valence-electron chi connectivity index (χ0n) is 9.53. The first kappa shape index (κ1) is 10.6. The highest BCUT2D eigenvalue weighted by molar-refractivity contribution is 5.92. The molecule has 16 heavy (non-hydrogen) atoms. The van der Waals surface area contributed by atoms with Gasteiger partial charge < -0.3 is 0 Å². The van der Waals surface area contributed by atoms with Crippen LogP contribution in [0.1, 0.15) is 18.1 Å². The van der Waals surface area contributed by atoms with E-state index < -0.39 is 0 Å². The molecule has 0 aliphatic rings. The van der Waals surface area contributed by atoms with Crippen molar-refractivity contribution in [3.63, 3.8) is 0 Å². The SMILES string of the molecule is CC(=O)/C=C/c1ccc2cc(C)ccc2c1. The zero-order chi connectivity index (χ0) is 11.5. The molecule has 0 unspecified atom stereocenters. The van der Waals surface area contributed by atoms with Gasteiger partial charge in [0.05, 0.1) is 0 Å². The monoisotopic (exact) mass is 210 g/mol. The van der Waals surface area contributed by atoms with Crippen LogP contribution < -0.4 is 0 Å². The molecule has 0 bridgehead atoms. The van der Waals surface area contributed by atoms with Crippen molar-refractivity contribution in [3.8, 4) is 0 Å². The van der Waals surface area contributed by atoms with Gasteiger partial charge in [-0.25, -0.2) is 0 Å². The van der Waals surface area contributed by atoms with E-state index in [-0.39, 0.29) is 5.78 Å². The normalized spacial score (nSPS) is 11.1. The lowest BCUT2D eigenvalue weighted by Gasteiger charge is -2.00. The largest absolute Gasteiger partial charge is 0.295 e. The maximum absolute atomic E-state index is 10.8. The van der Waals surface area contributed by atoms with Crippen LogP contribution in [0.2, 0.25) is 0 Å². The molecule has 0 fully saturated rings. The second-order valence-electron chi connectivity index (χ2n) is 4.05. The Bertz CT molecular complexity index is 565. The second-order valence-corrected chi connectivity index (χ2v) is 4.05. The fourth-order valence-electron chi connectivity index (χ4n) is 1.70. The van der Waals surface area contributed by atoms with Crippen LogP contribution in [0.25, 0.3) is 16.8 Å². The summed E-state index contributed by atoms with van der Waals surface area (Å²) in [5.41, 5.74) is 2.33. The van der Waals surface area contributed by atoms with Gasteiger partial charge in [-0.3, -0.25) is 4.79 Å². The van der Waals surface area contributed by atoms with Crippen LogP contribution in [0.3, 0.4) is 0 Å². The lowest BCUT2D eigenvalue weighted by molar-refractivity contribution is -0.112. The van der Waals surface area contributed by atoms with Crippen LogP contribution in [0.5, 0.6) is 0 Å². The van der Waals surface area contributed by atoms with Crippen molar-refractivity contribution in [3.05, 3.63) is 53.6 Å². The highest BCUT2D eigenvalue weighted by atomic mass is 16.1. The van der Waals surface area contributed by atoms with E-state index in [0.717, 1.165) is 5.56 Å². The topological polar surface area (TPSA) is 17.1 Å². The summed E-state index contributed by atoms with van der Waals surface area (Å²) in [6, 6.07) is 12.6. The van der Waals surface area contributed by atoms with Gasteiger partial charge in [0.2, 0.25) is 0 Å². The number of hydrogen-bond acceptors (Lipinski definition) is 1. The van der Waals surface area contributed by atoms with Crippen LogP contribution >= 0.6 is 0 Å². The van der Waals surface area contributed by atoms with Crippen LogP contribution in [-0.2, 0) is 4.79 Å². The van der Waals surface area contributed by atoms with Gasteiger partial charge >= 0.3 is 0 Å². The number of ketones is 1. The number of aryl methyl sites for hydroxylation is 1. The highest BCUT2D eigenvalue weighted by Gasteiger charge is 1.95. The maximum atomic E-state index is 10.8. The molecule has 0 amide bonds. The Balaban J connectivity index is 2.44. The van der Waals surface area contributed by atoms with Gasteiger partial charge in [0.25, 0.3) is 0 Å². The molecule has 0 atom stereocenters. The van der Waals surface area contributed by atoms with E-state index in [9.17, 15) is 4.79 Å². The van der Waals surface area contributed by atoms with Gasteiger partial charge in [-0.05, 0) is 42.3 Å². The molecule has 0 saturated carbocycles. The maximum Gasteiger partial charge on any atom is 0.152 e. The first-order valence-corrected chi connectivity index (χ1v) is 5.34. The van der Waals surface area contributed by atoms with Gasteiger partial charge in [-0.15, -0.1) is 0 Å². The van der Waals surface area contributed by atoms with E-state index in [0.29, 0.717) is 0 Å². The molecule has 0 saturated heterocycles. The highest BCUT2D eigenvalue weighted by Crippen LogP contribution is 2.18. The van der Waals surface area contributed by atoms with Gasteiger partial charge in [-0.2, -0.15) is 0 Å². The van der Waals surface area contributed by atoms with E-state index in [1.165, 1.54) is 16.3 Å². The van der Waals surface area contributed by atoms with Crippen LogP contribution in [0.4, 0.5) is 0 Å². The molecule has 1 nitrogen and oxygen atoms in total. The Morgan fingerprint density at radius 1 is 1.06 bits per heavy atom. The Morgan fingerprint density at radius 2 is 1.75 bits per heavy atom.